The number of carbonyl (C=O) groups excluding carboxylic acids is 1. The van der Waals surface area contributed by atoms with Crippen LogP contribution in [-0.2, 0) is 16.6 Å². The van der Waals surface area contributed by atoms with E-state index >= 15 is 0 Å². The van der Waals surface area contributed by atoms with Crippen LogP contribution in [0, 0.1) is 12.8 Å². The average Bonchev–Trinajstić information content (AvgIpc) is 3.26. The number of anilines is 1. The Hall–Kier alpha value is -2.10. The molecule has 0 spiro atoms. The largest absolute Gasteiger partial charge is 0.369 e. The van der Waals surface area contributed by atoms with Gasteiger partial charge in [-0.15, -0.1) is 0 Å². The van der Waals surface area contributed by atoms with E-state index in [0.29, 0.717) is 56.8 Å². The van der Waals surface area contributed by atoms with Crippen LogP contribution in [0.3, 0.4) is 0 Å². The third-order valence-corrected chi connectivity index (χ3v) is 8.63. The van der Waals surface area contributed by atoms with E-state index in [9.17, 15) is 13.2 Å². The van der Waals surface area contributed by atoms with E-state index in [4.69, 9.17) is 11.6 Å². The molecule has 1 atom stereocenters. The van der Waals surface area contributed by atoms with Gasteiger partial charge in [0.1, 0.15) is 0 Å². The van der Waals surface area contributed by atoms with Crippen LogP contribution in [0.15, 0.2) is 29.4 Å². The van der Waals surface area contributed by atoms with Gasteiger partial charge in [0.25, 0.3) is 15.9 Å². The molecule has 0 saturated carbocycles. The van der Waals surface area contributed by atoms with Crippen molar-refractivity contribution in [3.8, 4) is 0 Å². The lowest BCUT2D eigenvalue weighted by Gasteiger charge is -2.36. The molecule has 4 rings (SSSR count). The molecule has 2 fully saturated rings. The minimum absolute atomic E-state index is 0.125. The molecule has 1 amide bonds. The first-order chi connectivity index (χ1) is 15.7. The number of rotatable bonds is 5. The lowest BCUT2D eigenvalue weighted by molar-refractivity contribution is 0.0679. The van der Waals surface area contributed by atoms with E-state index in [2.05, 4.69) is 16.9 Å². The van der Waals surface area contributed by atoms with Crippen molar-refractivity contribution in [3.05, 3.63) is 40.5 Å². The number of hydrogen-bond donors (Lipinski definition) is 0. The van der Waals surface area contributed by atoms with E-state index < -0.39 is 10.0 Å². The van der Waals surface area contributed by atoms with E-state index in [0.717, 1.165) is 24.1 Å². The molecule has 33 heavy (non-hydrogen) atoms. The van der Waals surface area contributed by atoms with Gasteiger partial charge in [-0.3, -0.25) is 9.48 Å². The molecule has 0 aliphatic carbocycles. The quantitative estimate of drug-likeness (QED) is 0.638. The van der Waals surface area contributed by atoms with Gasteiger partial charge >= 0.3 is 0 Å². The van der Waals surface area contributed by atoms with E-state index in [-0.39, 0.29) is 16.5 Å². The number of aromatic nitrogens is 2. The van der Waals surface area contributed by atoms with Crippen molar-refractivity contribution in [2.24, 2.45) is 5.92 Å². The van der Waals surface area contributed by atoms with Gasteiger partial charge in [0.05, 0.1) is 5.56 Å². The van der Waals surface area contributed by atoms with Crippen molar-refractivity contribution in [3.63, 3.8) is 0 Å². The molecule has 0 radical (unpaired) electrons. The summed E-state index contributed by atoms with van der Waals surface area (Å²) in [5, 5.41) is 4.86. The molecule has 0 bridgehead atoms. The highest BCUT2D eigenvalue weighted by Crippen LogP contribution is 2.28. The second-order valence-electron chi connectivity index (χ2n) is 9.02. The van der Waals surface area contributed by atoms with Crippen LogP contribution in [0.4, 0.5) is 5.69 Å². The van der Waals surface area contributed by atoms with Crippen molar-refractivity contribution in [1.82, 2.24) is 19.0 Å². The molecule has 1 aromatic carbocycles. The van der Waals surface area contributed by atoms with Crippen molar-refractivity contribution in [2.75, 3.05) is 44.2 Å². The number of halogens is 1. The first-order valence-electron chi connectivity index (χ1n) is 11.6. The van der Waals surface area contributed by atoms with Crippen LogP contribution >= 0.6 is 11.6 Å². The highest BCUT2D eigenvalue weighted by atomic mass is 35.5. The van der Waals surface area contributed by atoms with Gasteiger partial charge in [-0.1, -0.05) is 24.6 Å². The fraction of sp³-hybridized carbons (Fsp3) is 0.565. The molecule has 2 aliphatic heterocycles. The minimum atomic E-state index is -3.90. The zero-order chi connectivity index (χ0) is 23.8. The number of likely N-dealkylation sites (tertiary alicyclic amines) is 1. The molecule has 8 nitrogen and oxygen atoms in total. The molecule has 2 aliphatic rings. The first kappa shape index (κ1) is 24.0. The third-order valence-electron chi connectivity index (χ3n) is 6.56. The second-order valence-corrected chi connectivity index (χ2v) is 11.3. The fourth-order valence-electron chi connectivity index (χ4n) is 4.66. The van der Waals surface area contributed by atoms with Gasteiger partial charge in [-0.05, 0) is 50.3 Å². The Kier molecular flexibility index (Phi) is 7.02. The van der Waals surface area contributed by atoms with Crippen molar-refractivity contribution < 1.29 is 13.2 Å². The number of hydrogen-bond acceptors (Lipinski definition) is 5. The summed E-state index contributed by atoms with van der Waals surface area (Å²) < 4.78 is 30.2. The number of piperidine rings is 1. The molecule has 10 heteroatoms. The number of sulfonamides is 1. The van der Waals surface area contributed by atoms with E-state index in [1.807, 2.05) is 32.0 Å². The van der Waals surface area contributed by atoms with Gasteiger partial charge in [0.2, 0.25) is 5.03 Å². The van der Waals surface area contributed by atoms with Crippen LogP contribution in [0.5, 0.6) is 0 Å². The summed E-state index contributed by atoms with van der Waals surface area (Å²) >= 11 is 6.17. The number of aryl methyl sites for hydroxylation is 2. The number of benzene rings is 1. The number of nitrogens with zero attached hydrogens (tertiary/aromatic N) is 5. The lowest BCUT2D eigenvalue weighted by Crippen LogP contribution is -2.49. The van der Waals surface area contributed by atoms with Crippen LogP contribution < -0.4 is 4.90 Å². The lowest BCUT2D eigenvalue weighted by atomic mass is 10.00. The maximum absolute atomic E-state index is 13.6. The molecular weight excluding hydrogens is 462 g/mol. The highest BCUT2D eigenvalue weighted by molar-refractivity contribution is 7.89. The topological polar surface area (TPSA) is 78.8 Å². The third kappa shape index (κ3) is 4.90. The van der Waals surface area contributed by atoms with Crippen LogP contribution in [-0.4, -0.2) is 72.6 Å². The second kappa shape index (κ2) is 9.64. The molecular formula is C23H32ClN5O3S. The normalized spacial score (nSPS) is 20.3. The number of carbonyl (C=O) groups is 1. The molecule has 2 aromatic rings. The van der Waals surface area contributed by atoms with Crippen LogP contribution in [0.2, 0.25) is 5.02 Å². The zero-order valence-corrected chi connectivity index (χ0v) is 21.1. The van der Waals surface area contributed by atoms with Crippen LogP contribution in [0.1, 0.15) is 42.6 Å². The summed E-state index contributed by atoms with van der Waals surface area (Å²) in [6.07, 6.45) is 3.60. The standard InChI is InChI=1S/C23H32ClN5O3S/c1-4-28-16-20(23(30)27-9-5-6-17(2)15-27)22(25-28)33(31,32)29-12-10-26(11-13-29)21-14-19(24)8-7-18(21)3/h7-8,14,16-17H,4-6,9-13,15H2,1-3H3/t17-/m1/s1. The first-order valence-corrected chi connectivity index (χ1v) is 13.4. The van der Waals surface area contributed by atoms with Crippen molar-refractivity contribution in [1.29, 1.82) is 0 Å². The molecule has 0 N–H and O–H groups in total. The Bertz CT molecular complexity index is 1130. The smallest absolute Gasteiger partial charge is 0.263 e. The SMILES string of the molecule is CCn1cc(C(=O)N2CCC[C@@H](C)C2)c(S(=O)(=O)N2CCN(c3cc(Cl)ccc3C)CC2)n1. The summed E-state index contributed by atoms with van der Waals surface area (Å²) in [5.41, 5.74) is 2.30. The Morgan fingerprint density at radius 1 is 1.18 bits per heavy atom. The average molecular weight is 494 g/mol. The van der Waals surface area contributed by atoms with Crippen LogP contribution in [0.25, 0.3) is 0 Å². The number of amides is 1. The summed E-state index contributed by atoms with van der Waals surface area (Å²) in [6, 6.07) is 5.74. The van der Waals surface area contributed by atoms with E-state index in [1.54, 1.807) is 15.8 Å². The fourth-order valence-corrected chi connectivity index (χ4v) is 6.34. The van der Waals surface area contributed by atoms with Gasteiger partial charge in [-0.25, -0.2) is 8.42 Å². The van der Waals surface area contributed by atoms with Crippen molar-refractivity contribution in [2.45, 2.75) is 45.2 Å². The molecule has 1 aromatic heterocycles. The Morgan fingerprint density at radius 2 is 1.91 bits per heavy atom. The predicted octanol–water partition coefficient (Wildman–Crippen LogP) is 3.25. The Morgan fingerprint density at radius 3 is 2.58 bits per heavy atom. The molecule has 2 saturated heterocycles. The van der Waals surface area contributed by atoms with Crippen molar-refractivity contribution >= 4 is 33.2 Å². The Balaban J connectivity index is 1.56. The predicted molar refractivity (Wildman–Crippen MR) is 129 cm³/mol. The van der Waals surface area contributed by atoms with Gasteiger partial charge in [0.15, 0.2) is 0 Å². The van der Waals surface area contributed by atoms with Gasteiger partial charge in [-0.2, -0.15) is 9.40 Å². The molecule has 0 unspecified atom stereocenters. The minimum Gasteiger partial charge on any atom is -0.369 e. The zero-order valence-electron chi connectivity index (χ0n) is 19.5. The van der Waals surface area contributed by atoms with Gasteiger partial charge in [0, 0.05) is 62.7 Å². The maximum Gasteiger partial charge on any atom is 0.263 e. The Labute approximate surface area is 201 Å². The maximum atomic E-state index is 13.6. The summed E-state index contributed by atoms with van der Waals surface area (Å²) in [6.45, 7) is 9.54. The summed E-state index contributed by atoms with van der Waals surface area (Å²) in [5.74, 6) is 0.167. The monoisotopic (exact) mass is 493 g/mol. The van der Waals surface area contributed by atoms with E-state index in [1.165, 1.54) is 4.31 Å². The summed E-state index contributed by atoms with van der Waals surface area (Å²) in [4.78, 5) is 17.2. The molecule has 3 heterocycles. The molecule has 180 valence electrons. The summed E-state index contributed by atoms with van der Waals surface area (Å²) in [7, 11) is -3.90. The number of piperazine rings is 1. The highest BCUT2D eigenvalue weighted by Gasteiger charge is 2.36. The van der Waals surface area contributed by atoms with Gasteiger partial charge < -0.3 is 9.80 Å².